The van der Waals surface area contributed by atoms with Gasteiger partial charge in [0.1, 0.15) is 0 Å². The van der Waals surface area contributed by atoms with Crippen LogP contribution in [0.4, 0.5) is 10.1 Å². The molecule has 3 nitrogen and oxygen atoms in total. The molecular formula is C13H10BrFN2O. The molecule has 92 valence electrons. The van der Waals surface area contributed by atoms with Gasteiger partial charge in [-0.1, -0.05) is 22.0 Å². The summed E-state index contributed by atoms with van der Waals surface area (Å²) in [6.07, 6.45) is 1.30. The molecule has 0 bridgehead atoms. The second kappa shape index (κ2) is 5.27. The maximum atomic E-state index is 13.3. The van der Waals surface area contributed by atoms with Crippen LogP contribution in [0.1, 0.15) is 15.9 Å². The van der Waals surface area contributed by atoms with Crippen LogP contribution < -0.4 is 5.32 Å². The maximum absolute atomic E-state index is 13.3. The van der Waals surface area contributed by atoms with Gasteiger partial charge in [0.15, 0.2) is 0 Å². The maximum Gasteiger partial charge on any atom is 0.260 e. The summed E-state index contributed by atoms with van der Waals surface area (Å²) in [4.78, 5) is 15.3. The van der Waals surface area contributed by atoms with Gasteiger partial charge in [-0.15, -0.1) is 0 Å². The fourth-order valence-corrected chi connectivity index (χ4v) is 1.85. The highest BCUT2D eigenvalue weighted by Crippen LogP contribution is 2.24. The number of carbonyl (C=O) groups is 1. The van der Waals surface area contributed by atoms with Gasteiger partial charge >= 0.3 is 0 Å². The second-order valence-corrected chi connectivity index (χ2v) is 4.56. The van der Waals surface area contributed by atoms with Crippen molar-refractivity contribution in [2.75, 3.05) is 5.32 Å². The Morgan fingerprint density at radius 3 is 2.83 bits per heavy atom. The molecule has 0 atom stereocenters. The molecule has 0 aliphatic carbocycles. The van der Waals surface area contributed by atoms with Crippen molar-refractivity contribution < 1.29 is 9.18 Å². The number of benzene rings is 1. The van der Waals surface area contributed by atoms with Crippen LogP contribution in [0.2, 0.25) is 0 Å². The molecule has 5 heteroatoms. The van der Waals surface area contributed by atoms with Gasteiger partial charge in [0.2, 0.25) is 5.95 Å². The molecule has 0 radical (unpaired) electrons. The van der Waals surface area contributed by atoms with Crippen LogP contribution in [0.3, 0.4) is 0 Å². The van der Waals surface area contributed by atoms with Gasteiger partial charge in [0.25, 0.3) is 5.91 Å². The van der Waals surface area contributed by atoms with Crippen molar-refractivity contribution >= 4 is 27.5 Å². The van der Waals surface area contributed by atoms with Gasteiger partial charge < -0.3 is 5.32 Å². The van der Waals surface area contributed by atoms with Gasteiger partial charge in [-0.25, -0.2) is 4.98 Å². The summed E-state index contributed by atoms with van der Waals surface area (Å²) in [7, 11) is 0. The Balaban J connectivity index is 2.27. The van der Waals surface area contributed by atoms with E-state index in [0.717, 1.165) is 10.0 Å². The molecule has 0 saturated carbocycles. The molecular weight excluding hydrogens is 299 g/mol. The first-order valence-electron chi connectivity index (χ1n) is 5.26. The lowest BCUT2D eigenvalue weighted by Gasteiger charge is -2.09. The summed E-state index contributed by atoms with van der Waals surface area (Å²) in [5.41, 5.74) is 1.45. The Morgan fingerprint density at radius 1 is 1.33 bits per heavy atom. The van der Waals surface area contributed by atoms with Gasteiger partial charge in [-0.3, -0.25) is 4.79 Å². The number of halogens is 2. The highest BCUT2D eigenvalue weighted by atomic mass is 79.9. The lowest BCUT2D eigenvalue weighted by atomic mass is 10.2. The van der Waals surface area contributed by atoms with Crippen molar-refractivity contribution in [3.63, 3.8) is 0 Å². The first-order chi connectivity index (χ1) is 8.59. The van der Waals surface area contributed by atoms with E-state index >= 15 is 0 Å². The van der Waals surface area contributed by atoms with Crippen LogP contribution in [0.15, 0.2) is 41.0 Å². The zero-order valence-corrected chi connectivity index (χ0v) is 11.2. The lowest BCUT2D eigenvalue weighted by Crippen LogP contribution is -2.15. The minimum absolute atomic E-state index is 0.0723. The molecule has 0 fully saturated rings. The van der Waals surface area contributed by atoms with E-state index < -0.39 is 11.9 Å². The monoisotopic (exact) mass is 308 g/mol. The van der Waals surface area contributed by atoms with Crippen LogP contribution in [-0.4, -0.2) is 10.9 Å². The largest absolute Gasteiger partial charge is 0.322 e. The highest BCUT2D eigenvalue weighted by molar-refractivity contribution is 9.10. The fraction of sp³-hybridized carbons (Fsp3) is 0.0769. The molecule has 18 heavy (non-hydrogen) atoms. The van der Waals surface area contributed by atoms with E-state index in [1.165, 1.54) is 18.3 Å². The minimum Gasteiger partial charge on any atom is -0.322 e. The molecule has 0 spiro atoms. The third-order valence-electron chi connectivity index (χ3n) is 2.52. The Kier molecular flexibility index (Phi) is 3.72. The number of anilines is 1. The Hall–Kier alpha value is -1.75. The summed E-state index contributed by atoms with van der Waals surface area (Å²) in [6, 6.07) is 8.34. The molecule has 1 N–H and O–H groups in total. The molecule has 1 heterocycles. The molecule has 0 aliphatic rings. The van der Waals surface area contributed by atoms with Crippen LogP contribution in [0.5, 0.6) is 0 Å². The number of hydrogen-bond acceptors (Lipinski definition) is 2. The SMILES string of the molecule is Cc1c(Br)cccc1NC(=O)c1cccnc1F. The lowest BCUT2D eigenvalue weighted by molar-refractivity contribution is 0.102. The van der Waals surface area contributed by atoms with Gasteiger partial charge in [0, 0.05) is 16.4 Å². The quantitative estimate of drug-likeness (QED) is 0.862. The Morgan fingerprint density at radius 2 is 2.11 bits per heavy atom. The van der Waals surface area contributed by atoms with E-state index in [2.05, 4.69) is 26.2 Å². The number of aromatic nitrogens is 1. The number of nitrogens with zero attached hydrogens (tertiary/aromatic N) is 1. The topological polar surface area (TPSA) is 42.0 Å². The van der Waals surface area contributed by atoms with Crippen molar-refractivity contribution in [3.8, 4) is 0 Å². The molecule has 1 aromatic heterocycles. The van der Waals surface area contributed by atoms with E-state index in [1.54, 1.807) is 12.1 Å². The Labute approximate surface area is 112 Å². The number of carbonyl (C=O) groups excluding carboxylic acids is 1. The molecule has 2 rings (SSSR count). The fourth-order valence-electron chi connectivity index (χ4n) is 1.49. The third kappa shape index (κ3) is 2.56. The summed E-state index contributed by atoms with van der Waals surface area (Å²) >= 11 is 3.37. The van der Waals surface area contributed by atoms with Crippen molar-refractivity contribution in [2.45, 2.75) is 6.92 Å². The first-order valence-corrected chi connectivity index (χ1v) is 6.06. The number of nitrogens with one attached hydrogen (secondary N) is 1. The van der Waals surface area contributed by atoms with Crippen LogP contribution >= 0.6 is 15.9 Å². The highest BCUT2D eigenvalue weighted by Gasteiger charge is 2.13. The normalized spacial score (nSPS) is 10.2. The van der Waals surface area contributed by atoms with E-state index in [4.69, 9.17) is 0 Å². The molecule has 0 unspecified atom stereocenters. The zero-order chi connectivity index (χ0) is 13.1. The van der Waals surface area contributed by atoms with Crippen molar-refractivity contribution in [3.05, 3.63) is 58.1 Å². The van der Waals surface area contributed by atoms with E-state index in [0.29, 0.717) is 5.69 Å². The third-order valence-corrected chi connectivity index (χ3v) is 3.38. The number of rotatable bonds is 2. The number of hydrogen-bond donors (Lipinski definition) is 1. The standard InChI is InChI=1S/C13H10BrFN2O/c1-8-10(14)5-2-6-11(8)17-13(18)9-4-3-7-16-12(9)15/h2-7H,1H3,(H,17,18). The minimum atomic E-state index is -0.775. The van der Waals surface area contributed by atoms with Gasteiger partial charge in [-0.05, 0) is 36.8 Å². The average molecular weight is 309 g/mol. The Bertz CT molecular complexity index is 601. The molecule has 2 aromatic rings. The second-order valence-electron chi connectivity index (χ2n) is 3.71. The van der Waals surface area contributed by atoms with Crippen LogP contribution in [0.25, 0.3) is 0 Å². The number of amides is 1. The predicted octanol–water partition coefficient (Wildman–Crippen LogP) is 3.54. The summed E-state index contributed by atoms with van der Waals surface area (Å²) in [5, 5.41) is 2.66. The molecule has 0 aliphatic heterocycles. The van der Waals surface area contributed by atoms with E-state index in [-0.39, 0.29) is 5.56 Å². The van der Waals surface area contributed by atoms with Gasteiger partial charge in [-0.2, -0.15) is 4.39 Å². The van der Waals surface area contributed by atoms with Crippen LogP contribution in [0, 0.1) is 12.9 Å². The summed E-state index contributed by atoms with van der Waals surface area (Å²) in [5.74, 6) is -1.29. The summed E-state index contributed by atoms with van der Waals surface area (Å²) in [6.45, 7) is 1.86. The molecule has 1 amide bonds. The number of pyridine rings is 1. The molecule has 0 saturated heterocycles. The van der Waals surface area contributed by atoms with E-state index in [9.17, 15) is 9.18 Å². The van der Waals surface area contributed by atoms with Crippen molar-refractivity contribution in [2.24, 2.45) is 0 Å². The predicted molar refractivity (Wildman–Crippen MR) is 71.0 cm³/mol. The average Bonchev–Trinajstić information content (AvgIpc) is 2.35. The van der Waals surface area contributed by atoms with E-state index in [1.807, 2.05) is 13.0 Å². The smallest absolute Gasteiger partial charge is 0.260 e. The van der Waals surface area contributed by atoms with Crippen LogP contribution in [-0.2, 0) is 0 Å². The van der Waals surface area contributed by atoms with Crippen molar-refractivity contribution in [1.29, 1.82) is 0 Å². The van der Waals surface area contributed by atoms with Gasteiger partial charge in [0.05, 0.1) is 5.56 Å². The zero-order valence-electron chi connectivity index (χ0n) is 9.58. The first kappa shape index (κ1) is 12.7. The van der Waals surface area contributed by atoms with Crippen molar-refractivity contribution in [1.82, 2.24) is 4.98 Å². The molecule has 1 aromatic carbocycles. The summed E-state index contributed by atoms with van der Waals surface area (Å²) < 4.78 is 14.2.